The van der Waals surface area contributed by atoms with Crippen molar-refractivity contribution in [2.24, 2.45) is 0 Å². The van der Waals surface area contributed by atoms with Crippen LogP contribution in [0.4, 0.5) is 0 Å². The molecular weight excluding hydrogens is 392 g/mol. The van der Waals surface area contributed by atoms with Gasteiger partial charge >= 0.3 is 0 Å². The first-order valence-electron chi connectivity index (χ1n) is 8.61. The topological polar surface area (TPSA) is 68.3 Å². The van der Waals surface area contributed by atoms with Gasteiger partial charge in [0.15, 0.2) is 23.1 Å². The summed E-state index contributed by atoms with van der Waals surface area (Å²) in [5, 5.41) is 0. The maximum atomic E-state index is 12.5. The van der Waals surface area contributed by atoms with E-state index in [2.05, 4.69) is 0 Å². The van der Waals surface area contributed by atoms with E-state index in [-0.39, 0.29) is 23.1 Å². The maximum Gasteiger partial charge on any atom is 0.200 e. The fourth-order valence-corrected chi connectivity index (χ4v) is 5.07. The van der Waals surface area contributed by atoms with Crippen LogP contribution in [0.3, 0.4) is 0 Å². The smallest absolute Gasteiger partial charge is 0.200 e. The monoisotopic (exact) mass is 406 g/mol. The molecule has 0 saturated heterocycles. The minimum Gasteiger partial charge on any atom is -0.289 e. The first-order valence-corrected chi connectivity index (χ1v) is 10.6. The van der Waals surface area contributed by atoms with Crippen molar-refractivity contribution >= 4 is 46.7 Å². The second kappa shape index (κ2) is 7.73. The first-order chi connectivity index (χ1) is 13.6. The van der Waals surface area contributed by atoms with E-state index in [1.807, 2.05) is 0 Å². The van der Waals surface area contributed by atoms with Crippen molar-refractivity contribution in [1.82, 2.24) is 0 Å². The molecule has 0 heterocycles. The molecule has 0 aromatic heterocycles. The Morgan fingerprint density at radius 1 is 0.536 bits per heavy atom. The molecule has 0 unspecified atom stereocenters. The van der Waals surface area contributed by atoms with Gasteiger partial charge < -0.3 is 0 Å². The largest absolute Gasteiger partial charge is 0.289 e. The number of hydrogen-bond donors (Lipinski definition) is 0. The number of allylic oxidation sites excluding steroid dienone is 4. The van der Waals surface area contributed by atoms with Gasteiger partial charge in [-0.2, -0.15) is 0 Å². The predicted octanol–water partition coefficient (Wildman–Crippen LogP) is 4.38. The summed E-state index contributed by atoms with van der Waals surface area (Å²) in [7, 11) is 0. The SMILES string of the molecule is O=C1C=C(SCCSC2=CC(=O)c3ccccc3C2=O)C(=O)c2ccccc21. The van der Waals surface area contributed by atoms with Crippen LogP contribution in [0.1, 0.15) is 41.4 Å². The lowest BCUT2D eigenvalue weighted by Gasteiger charge is -2.15. The number of fused-ring (bicyclic) bond motifs is 2. The van der Waals surface area contributed by atoms with Crippen molar-refractivity contribution in [3.05, 3.63) is 92.7 Å². The number of carbonyl (C=O) groups excluding carboxylic acids is 4. The number of Topliss-reactive ketones (excluding diaryl/α,β-unsaturated/α-hetero) is 2. The molecule has 6 heteroatoms. The van der Waals surface area contributed by atoms with Gasteiger partial charge in [0.2, 0.25) is 0 Å². The molecule has 2 aromatic rings. The van der Waals surface area contributed by atoms with Gasteiger partial charge in [0.1, 0.15) is 0 Å². The third-order valence-electron chi connectivity index (χ3n) is 4.44. The zero-order valence-electron chi connectivity index (χ0n) is 14.6. The lowest BCUT2D eigenvalue weighted by molar-refractivity contribution is 0.0991. The molecule has 138 valence electrons. The highest BCUT2D eigenvalue weighted by Crippen LogP contribution is 2.32. The zero-order valence-corrected chi connectivity index (χ0v) is 16.3. The number of rotatable bonds is 5. The van der Waals surface area contributed by atoms with Crippen molar-refractivity contribution in [3.63, 3.8) is 0 Å². The summed E-state index contributed by atoms with van der Waals surface area (Å²) in [6.07, 6.45) is 2.76. The van der Waals surface area contributed by atoms with E-state index in [1.54, 1.807) is 48.5 Å². The lowest BCUT2D eigenvalue weighted by Crippen LogP contribution is -2.16. The molecule has 4 rings (SSSR count). The number of benzene rings is 2. The van der Waals surface area contributed by atoms with Crippen LogP contribution in [-0.2, 0) is 0 Å². The highest BCUT2D eigenvalue weighted by atomic mass is 32.2. The van der Waals surface area contributed by atoms with Gasteiger partial charge in [-0.1, -0.05) is 48.5 Å². The summed E-state index contributed by atoms with van der Waals surface area (Å²) < 4.78 is 0. The van der Waals surface area contributed by atoms with Gasteiger partial charge in [0.05, 0.1) is 9.81 Å². The summed E-state index contributed by atoms with van der Waals surface area (Å²) in [6, 6.07) is 13.6. The van der Waals surface area contributed by atoms with Crippen molar-refractivity contribution in [3.8, 4) is 0 Å². The molecular formula is C22H14O4S2. The van der Waals surface area contributed by atoms with Crippen LogP contribution in [0.2, 0.25) is 0 Å². The molecule has 2 aliphatic rings. The third kappa shape index (κ3) is 3.41. The molecule has 2 aliphatic carbocycles. The molecule has 4 nitrogen and oxygen atoms in total. The van der Waals surface area contributed by atoms with Gasteiger partial charge in [-0.15, -0.1) is 23.5 Å². The average Bonchev–Trinajstić information content (AvgIpc) is 2.72. The van der Waals surface area contributed by atoms with E-state index in [0.29, 0.717) is 43.6 Å². The quantitative estimate of drug-likeness (QED) is 0.687. The van der Waals surface area contributed by atoms with Gasteiger partial charge in [-0.05, 0) is 0 Å². The molecule has 0 N–H and O–H groups in total. The fraction of sp³-hybridized carbons (Fsp3) is 0.0909. The Balaban J connectivity index is 1.38. The minimum absolute atomic E-state index is 0.151. The van der Waals surface area contributed by atoms with E-state index >= 15 is 0 Å². The minimum atomic E-state index is -0.169. The molecule has 0 saturated carbocycles. The standard InChI is InChI=1S/C22H14O4S2/c23-17-11-19(21(25)15-7-3-1-5-13(15)17)27-9-10-28-20-12-18(24)14-6-2-4-8-16(14)22(20)26/h1-8,11-12H,9-10H2. The first kappa shape index (κ1) is 18.7. The van der Waals surface area contributed by atoms with Crippen molar-refractivity contribution < 1.29 is 19.2 Å². The van der Waals surface area contributed by atoms with Gasteiger partial charge in [0, 0.05) is 45.9 Å². The Bertz CT molecular complexity index is 1010. The average molecular weight is 406 g/mol. The second-order valence-corrected chi connectivity index (χ2v) is 8.47. The third-order valence-corrected chi connectivity index (χ3v) is 6.75. The molecule has 2 aromatic carbocycles. The van der Waals surface area contributed by atoms with Crippen molar-refractivity contribution in [1.29, 1.82) is 0 Å². The van der Waals surface area contributed by atoms with Gasteiger partial charge in [-0.25, -0.2) is 0 Å². The van der Waals surface area contributed by atoms with Crippen molar-refractivity contribution in [2.75, 3.05) is 11.5 Å². The number of thioether (sulfide) groups is 2. The lowest BCUT2D eigenvalue weighted by atomic mass is 9.95. The summed E-state index contributed by atoms with van der Waals surface area (Å²) >= 11 is 2.59. The van der Waals surface area contributed by atoms with E-state index in [0.717, 1.165) is 0 Å². The zero-order chi connectivity index (χ0) is 19.7. The van der Waals surface area contributed by atoms with E-state index in [1.165, 1.54) is 35.7 Å². The second-order valence-electron chi connectivity index (χ2n) is 6.19. The van der Waals surface area contributed by atoms with Crippen LogP contribution >= 0.6 is 23.5 Å². The Morgan fingerprint density at radius 3 is 1.29 bits per heavy atom. The van der Waals surface area contributed by atoms with Crippen LogP contribution in [0.15, 0.2) is 70.5 Å². The maximum absolute atomic E-state index is 12.5. The van der Waals surface area contributed by atoms with Crippen LogP contribution < -0.4 is 0 Å². The number of ketones is 4. The van der Waals surface area contributed by atoms with Gasteiger partial charge in [0.25, 0.3) is 0 Å². The highest BCUT2D eigenvalue weighted by Gasteiger charge is 2.27. The summed E-state index contributed by atoms with van der Waals surface area (Å²) in [4.78, 5) is 50.2. The van der Waals surface area contributed by atoms with Gasteiger partial charge in [-0.3, -0.25) is 19.2 Å². The molecule has 28 heavy (non-hydrogen) atoms. The Kier molecular flexibility index (Phi) is 5.15. The Hall–Kier alpha value is -2.70. The van der Waals surface area contributed by atoms with E-state index in [4.69, 9.17) is 0 Å². The van der Waals surface area contributed by atoms with E-state index < -0.39 is 0 Å². The molecule has 0 bridgehead atoms. The summed E-state index contributed by atoms with van der Waals surface area (Å²) in [6.45, 7) is 0. The Morgan fingerprint density at radius 2 is 0.893 bits per heavy atom. The van der Waals surface area contributed by atoms with Crippen LogP contribution in [0.25, 0.3) is 0 Å². The molecule has 0 atom stereocenters. The number of carbonyl (C=O) groups is 4. The van der Waals surface area contributed by atoms with Crippen molar-refractivity contribution in [2.45, 2.75) is 0 Å². The highest BCUT2D eigenvalue weighted by molar-refractivity contribution is 8.07. The fourth-order valence-electron chi connectivity index (χ4n) is 3.10. The normalized spacial score (nSPS) is 15.7. The van der Waals surface area contributed by atoms with E-state index in [9.17, 15) is 19.2 Å². The van der Waals surface area contributed by atoms with Crippen LogP contribution in [0.5, 0.6) is 0 Å². The summed E-state index contributed by atoms with van der Waals surface area (Å²) in [5.74, 6) is 0.441. The molecule has 0 fully saturated rings. The molecule has 0 radical (unpaired) electrons. The molecule has 0 spiro atoms. The molecule has 0 amide bonds. The predicted molar refractivity (Wildman–Crippen MR) is 111 cm³/mol. The molecule has 0 aliphatic heterocycles. The number of hydrogen-bond acceptors (Lipinski definition) is 6. The van der Waals surface area contributed by atoms with Crippen LogP contribution in [-0.4, -0.2) is 34.6 Å². The summed E-state index contributed by atoms with van der Waals surface area (Å²) in [5.41, 5.74) is 1.72. The van der Waals surface area contributed by atoms with Crippen LogP contribution in [0, 0.1) is 0 Å². The Labute approximate surface area is 170 Å².